The number of thiophene rings is 1. The summed E-state index contributed by atoms with van der Waals surface area (Å²) in [4.78, 5) is 5.80. The fourth-order valence-corrected chi connectivity index (χ4v) is 4.08. The number of benzene rings is 1. The Kier molecular flexibility index (Phi) is 3.10. The van der Waals surface area contributed by atoms with Crippen molar-refractivity contribution in [3.8, 4) is 22.1 Å². The number of aryl methyl sites for hydroxylation is 1. The highest BCUT2D eigenvalue weighted by Gasteiger charge is 2.19. The van der Waals surface area contributed by atoms with Crippen LogP contribution in [-0.4, -0.2) is 11.8 Å². The van der Waals surface area contributed by atoms with Crippen molar-refractivity contribution in [2.24, 2.45) is 0 Å². The van der Waals surface area contributed by atoms with Crippen molar-refractivity contribution in [2.75, 3.05) is 6.79 Å². The predicted octanol–water partition coefficient (Wildman–Crippen LogP) is 5.42. The molecule has 2 aromatic heterocycles. The van der Waals surface area contributed by atoms with Crippen LogP contribution < -0.4 is 9.47 Å². The highest BCUT2D eigenvalue weighted by atomic mass is 79.9. The Morgan fingerprint density at radius 1 is 1.24 bits per heavy atom. The van der Waals surface area contributed by atoms with Crippen LogP contribution in [0.2, 0.25) is 4.34 Å². The normalized spacial score (nSPS) is 13.1. The van der Waals surface area contributed by atoms with E-state index in [9.17, 15) is 0 Å². The van der Waals surface area contributed by atoms with Crippen LogP contribution in [0, 0.1) is 6.92 Å². The standard InChI is InChI=1S/C15H9BrClNO2S/c1-7-8-4-10-11(20-6-19-10)5-9(8)18-15(14(7)16)12-2-3-13(17)21-12/h2-5H,6H2,1H3. The van der Waals surface area contributed by atoms with Gasteiger partial charge in [0.1, 0.15) is 0 Å². The highest BCUT2D eigenvalue weighted by molar-refractivity contribution is 9.10. The molecule has 0 saturated carbocycles. The van der Waals surface area contributed by atoms with Crippen LogP contribution in [0.1, 0.15) is 5.56 Å². The smallest absolute Gasteiger partial charge is 0.231 e. The minimum Gasteiger partial charge on any atom is -0.454 e. The molecule has 0 amide bonds. The maximum Gasteiger partial charge on any atom is 0.231 e. The van der Waals surface area contributed by atoms with Gasteiger partial charge < -0.3 is 9.47 Å². The third-order valence-corrected chi connectivity index (χ3v) is 5.68. The molecule has 0 atom stereocenters. The summed E-state index contributed by atoms with van der Waals surface area (Å²) in [6.45, 7) is 2.33. The van der Waals surface area contributed by atoms with Gasteiger partial charge in [0.25, 0.3) is 0 Å². The number of rotatable bonds is 1. The van der Waals surface area contributed by atoms with Crippen LogP contribution in [-0.2, 0) is 0 Å². The zero-order valence-corrected chi connectivity index (χ0v) is 14.1. The zero-order chi connectivity index (χ0) is 14.6. The molecule has 106 valence electrons. The Hall–Kier alpha value is -1.30. The largest absolute Gasteiger partial charge is 0.454 e. The minimum absolute atomic E-state index is 0.263. The molecule has 0 bridgehead atoms. The van der Waals surface area contributed by atoms with Gasteiger partial charge in [-0.1, -0.05) is 11.6 Å². The van der Waals surface area contributed by atoms with Crippen LogP contribution in [0.3, 0.4) is 0 Å². The quantitative estimate of drug-likeness (QED) is 0.563. The number of nitrogens with zero attached hydrogens (tertiary/aromatic N) is 1. The van der Waals surface area contributed by atoms with Gasteiger partial charge in [-0.3, -0.25) is 0 Å². The van der Waals surface area contributed by atoms with E-state index in [2.05, 4.69) is 22.9 Å². The van der Waals surface area contributed by atoms with E-state index in [0.29, 0.717) is 0 Å². The SMILES string of the molecule is Cc1c(Br)c(-c2ccc(Cl)s2)nc2cc3c(cc12)OCO3. The molecular formula is C15H9BrClNO2S. The van der Waals surface area contributed by atoms with E-state index in [0.717, 1.165) is 47.3 Å². The van der Waals surface area contributed by atoms with Gasteiger partial charge >= 0.3 is 0 Å². The molecule has 0 spiro atoms. The number of hydrogen-bond acceptors (Lipinski definition) is 4. The minimum atomic E-state index is 0.263. The number of fused-ring (bicyclic) bond motifs is 2. The first kappa shape index (κ1) is 13.4. The lowest BCUT2D eigenvalue weighted by Crippen LogP contribution is -1.92. The number of aromatic nitrogens is 1. The van der Waals surface area contributed by atoms with Crippen LogP contribution >= 0.6 is 38.9 Å². The van der Waals surface area contributed by atoms with Crippen LogP contribution in [0.15, 0.2) is 28.7 Å². The molecule has 0 saturated heterocycles. The molecule has 1 aromatic carbocycles. The molecule has 0 N–H and O–H groups in total. The molecule has 1 aliphatic heterocycles. The van der Waals surface area contributed by atoms with Crippen molar-refractivity contribution in [3.63, 3.8) is 0 Å². The second kappa shape index (κ2) is 4.87. The molecule has 1 aliphatic rings. The average Bonchev–Trinajstić information content (AvgIpc) is 3.09. The summed E-state index contributed by atoms with van der Waals surface area (Å²) in [5, 5.41) is 1.05. The summed E-state index contributed by atoms with van der Waals surface area (Å²) in [6.07, 6.45) is 0. The van der Waals surface area contributed by atoms with Crippen LogP contribution in [0.25, 0.3) is 21.5 Å². The van der Waals surface area contributed by atoms with Gasteiger partial charge in [0.2, 0.25) is 6.79 Å². The molecule has 6 heteroatoms. The van der Waals surface area contributed by atoms with Crippen LogP contribution in [0.5, 0.6) is 11.5 Å². The van der Waals surface area contributed by atoms with E-state index < -0.39 is 0 Å². The molecule has 4 rings (SSSR count). The second-order valence-corrected chi connectivity index (χ2v) is 7.23. The Balaban J connectivity index is 2.01. The summed E-state index contributed by atoms with van der Waals surface area (Å²) in [5.41, 5.74) is 2.91. The van der Waals surface area contributed by atoms with E-state index in [-0.39, 0.29) is 6.79 Å². The van der Waals surface area contributed by atoms with Crippen LogP contribution in [0.4, 0.5) is 0 Å². The fourth-order valence-electron chi connectivity index (χ4n) is 2.39. The van der Waals surface area contributed by atoms with Gasteiger partial charge in [0, 0.05) is 15.9 Å². The van der Waals surface area contributed by atoms with Crippen molar-refractivity contribution < 1.29 is 9.47 Å². The van der Waals surface area contributed by atoms with E-state index in [4.69, 9.17) is 26.1 Å². The van der Waals surface area contributed by atoms with Gasteiger partial charge in [-0.2, -0.15) is 0 Å². The van der Waals surface area contributed by atoms with Gasteiger partial charge in [0.05, 0.1) is 20.4 Å². The molecule has 3 aromatic rings. The molecule has 0 radical (unpaired) electrons. The predicted molar refractivity (Wildman–Crippen MR) is 88.6 cm³/mol. The Labute approximate surface area is 138 Å². The first-order chi connectivity index (χ1) is 10.1. The first-order valence-corrected chi connectivity index (χ1v) is 8.27. The maximum absolute atomic E-state index is 6.04. The van der Waals surface area contributed by atoms with Crippen molar-refractivity contribution >= 4 is 49.8 Å². The van der Waals surface area contributed by atoms with Crippen molar-refractivity contribution in [2.45, 2.75) is 6.92 Å². The van der Waals surface area contributed by atoms with Gasteiger partial charge in [-0.15, -0.1) is 11.3 Å². The van der Waals surface area contributed by atoms with E-state index >= 15 is 0 Å². The first-order valence-electron chi connectivity index (χ1n) is 6.28. The summed E-state index contributed by atoms with van der Waals surface area (Å²) < 4.78 is 12.6. The molecule has 3 nitrogen and oxygen atoms in total. The summed E-state index contributed by atoms with van der Waals surface area (Å²) in [6, 6.07) is 7.78. The molecule has 21 heavy (non-hydrogen) atoms. The van der Waals surface area contributed by atoms with E-state index in [1.165, 1.54) is 11.3 Å². The number of pyridine rings is 1. The second-order valence-electron chi connectivity index (χ2n) is 4.73. The Morgan fingerprint density at radius 2 is 2.00 bits per heavy atom. The van der Waals surface area contributed by atoms with Gasteiger partial charge in [0.15, 0.2) is 11.5 Å². The summed E-state index contributed by atoms with van der Waals surface area (Å²) >= 11 is 11.2. The maximum atomic E-state index is 6.04. The third kappa shape index (κ3) is 2.11. The Bertz CT molecular complexity index is 878. The monoisotopic (exact) mass is 381 g/mol. The topological polar surface area (TPSA) is 31.4 Å². The number of ether oxygens (including phenoxy) is 2. The molecule has 0 unspecified atom stereocenters. The summed E-state index contributed by atoms with van der Waals surface area (Å²) in [7, 11) is 0. The zero-order valence-electron chi connectivity index (χ0n) is 10.9. The third-order valence-electron chi connectivity index (χ3n) is 3.47. The number of halogens is 2. The molecule has 0 aliphatic carbocycles. The lowest BCUT2D eigenvalue weighted by atomic mass is 10.1. The molecular weight excluding hydrogens is 374 g/mol. The van der Waals surface area contributed by atoms with Crippen molar-refractivity contribution in [1.82, 2.24) is 4.98 Å². The lowest BCUT2D eigenvalue weighted by Gasteiger charge is -2.10. The molecule has 3 heterocycles. The van der Waals surface area contributed by atoms with Gasteiger partial charge in [-0.05, 0) is 46.6 Å². The van der Waals surface area contributed by atoms with Gasteiger partial charge in [-0.25, -0.2) is 4.98 Å². The van der Waals surface area contributed by atoms with E-state index in [1.807, 2.05) is 24.3 Å². The highest BCUT2D eigenvalue weighted by Crippen LogP contribution is 2.42. The number of hydrogen-bond donors (Lipinski definition) is 0. The average molecular weight is 383 g/mol. The molecule has 0 fully saturated rings. The fraction of sp³-hybridized carbons (Fsp3) is 0.133. The lowest BCUT2D eigenvalue weighted by molar-refractivity contribution is 0.174. The van der Waals surface area contributed by atoms with Crippen molar-refractivity contribution in [1.29, 1.82) is 0 Å². The Morgan fingerprint density at radius 3 is 2.71 bits per heavy atom. The summed E-state index contributed by atoms with van der Waals surface area (Å²) in [5.74, 6) is 1.51. The van der Waals surface area contributed by atoms with Crippen molar-refractivity contribution in [3.05, 3.63) is 38.6 Å². The van der Waals surface area contributed by atoms with E-state index in [1.54, 1.807) is 0 Å².